The van der Waals surface area contributed by atoms with Crippen LogP contribution in [0.25, 0.3) is 0 Å². The van der Waals surface area contributed by atoms with Crippen molar-refractivity contribution in [1.82, 2.24) is 4.90 Å². The summed E-state index contributed by atoms with van der Waals surface area (Å²) in [7, 11) is 0. The van der Waals surface area contributed by atoms with Crippen LogP contribution in [0.3, 0.4) is 0 Å². The smallest absolute Gasteiger partial charge is 0.387 e. The molecule has 1 aromatic rings. The molecule has 0 radical (unpaired) electrons. The van der Waals surface area contributed by atoms with Gasteiger partial charge in [0.15, 0.2) is 0 Å². The van der Waals surface area contributed by atoms with Gasteiger partial charge in [-0.05, 0) is 43.5 Å². The van der Waals surface area contributed by atoms with E-state index < -0.39 is 6.61 Å². The SMILES string of the molecule is CCN(Cc1ccc(OC(F)F)cc1)CC1CCCCO1. The molecule has 1 aliphatic rings. The highest BCUT2D eigenvalue weighted by atomic mass is 19.3. The molecule has 0 amide bonds. The normalized spacial score (nSPS) is 19.2. The molecular formula is C16H23F2NO2. The Morgan fingerprint density at radius 2 is 2.05 bits per heavy atom. The minimum atomic E-state index is -2.77. The lowest BCUT2D eigenvalue weighted by molar-refractivity contribution is -0.0498. The first kappa shape index (κ1) is 16.2. The number of ether oxygens (including phenoxy) is 2. The summed E-state index contributed by atoms with van der Waals surface area (Å²) in [5.41, 5.74) is 1.09. The maximum absolute atomic E-state index is 12.1. The standard InChI is InChI=1S/C16H23F2NO2/c1-2-19(12-15-5-3-4-10-20-15)11-13-6-8-14(9-7-13)21-16(17)18/h6-9,15-16H,2-5,10-12H2,1H3. The lowest BCUT2D eigenvalue weighted by Crippen LogP contribution is -2.35. The van der Waals surface area contributed by atoms with E-state index in [0.717, 1.165) is 44.6 Å². The monoisotopic (exact) mass is 299 g/mol. The third-order valence-electron chi connectivity index (χ3n) is 3.74. The lowest BCUT2D eigenvalue weighted by Gasteiger charge is -2.29. The van der Waals surface area contributed by atoms with Crippen molar-refractivity contribution >= 4 is 0 Å². The van der Waals surface area contributed by atoms with Crippen molar-refractivity contribution < 1.29 is 18.3 Å². The minimum Gasteiger partial charge on any atom is -0.435 e. The summed E-state index contributed by atoms with van der Waals surface area (Å²) in [5.74, 6) is 0.201. The Balaban J connectivity index is 1.85. The second-order valence-electron chi connectivity index (χ2n) is 5.34. The molecule has 0 spiro atoms. The maximum Gasteiger partial charge on any atom is 0.387 e. The molecule has 1 fully saturated rings. The van der Waals surface area contributed by atoms with E-state index in [2.05, 4.69) is 16.6 Å². The fourth-order valence-corrected chi connectivity index (χ4v) is 2.58. The van der Waals surface area contributed by atoms with Gasteiger partial charge in [0.1, 0.15) is 5.75 Å². The molecule has 0 N–H and O–H groups in total. The van der Waals surface area contributed by atoms with Crippen LogP contribution in [0.15, 0.2) is 24.3 Å². The van der Waals surface area contributed by atoms with E-state index in [-0.39, 0.29) is 5.75 Å². The highest BCUT2D eigenvalue weighted by Crippen LogP contribution is 2.18. The van der Waals surface area contributed by atoms with Gasteiger partial charge in [-0.3, -0.25) is 4.90 Å². The predicted molar refractivity (Wildman–Crippen MR) is 77.6 cm³/mol. The fourth-order valence-electron chi connectivity index (χ4n) is 2.58. The molecule has 1 unspecified atom stereocenters. The van der Waals surface area contributed by atoms with E-state index in [4.69, 9.17) is 4.74 Å². The van der Waals surface area contributed by atoms with Crippen LogP contribution in [0.5, 0.6) is 5.75 Å². The van der Waals surface area contributed by atoms with Crippen molar-refractivity contribution in [3.8, 4) is 5.75 Å². The first-order chi connectivity index (χ1) is 10.2. The summed E-state index contributed by atoms with van der Waals surface area (Å²) >= 11 is 0. The van der Waals surface area contributed by atoms with Crippen LogP contribution < -0.4 is 4.74 Å². The molecule has 2 rings (SSSR count). The Kier molecular flexibility index (Phi) is 6.39. The van der Waals surface area contributed by atoms with Crippen LogP contribution in [0.1, 0.15) is 31.7 Å². The van der Waals surface area contributed by atoms with E-state index >= 15 is 0 Å². The van der Waals surface area contributed by atoms with Gasteiger partial charge in [0.05, 0.1) is 6.10 Å². The molecule has 1 heterocycles. The second-order valence-corrected chi connectivity index (χ2v) is 5.34. The van der Waals surface area contributed by atoms with Gasteiger partial charge in [0, 0.05) is 19.7 Å². The van der Waals surface area contributed by atoms with Gasteiger partial charge in [-0.1, -0.05) is 19.1 Å². The number of rotatable bonds is 7. The molecule has 1 aliphatic heterocycles. The molecule has 0 bridgehead atoms. The quantitative estimate of drug-likeness (QED) is 0.766. The molecule has 5 heteroatoms. The van der Waals surface area contributed by atoms with Crippen molar-refractivity contribution in [2.45, 2.75) is 45.4 Å². The predicted octanol–water partition coefficient (Wildman–Crippen LogP) is 3.68. The van der Waals surface area contributed by atoms with E-state index in [1.165, 1.54) is 6.42 Å². The first-order valence-electron chi connectivity index (χ1n) is 7.55. The molecule has 1 aromatic carbocycles. The number of alkyl halides is 2. The molecule has 0 saturated carbocycles. The third kappa shape index (κ3) is 5.59. The van der Waals surface area contributed by atoms with Gasteiger partial charge < -0.3 is 9.47 Å². The minimum absolute atomic E-state index is 0.201. The zero-order chi connectivity index (χ0) is 15.1. The van der Waals surface area contributed by atoms with E-state index in [9.17, 15) is 8.78 Å². The summed E-state index contributed by atoms with van der Waals surface area (Å²) in [5, 5.41) is 0. The first-order valence-corrected chi connectivity index (χ1v) is 7.55. The average molecular weight is 299 g/mol. The van der Waals surface area contributed by atoms with Crippen LogP contribution in [0.4, 0.5) is 8.78 Å². The Morgan fingerprint density at radius 1 is 1.29 bits per heavy atom. The van der Waals surface area contributed by atoms with Crippen LogP contribution >= 0.6 is 0 Å². The largest absolute Gasteiger partial charge is 0.435 e. The summed E-state index contributed by atoms with van der Waals surface area (Å²) in [6, 6.07) is 6.85. The van der Waals surface area contributed by atoms with Crippen LogP contribution in [-0.4, -0.2) is 37.3 Å². The number of halogens is 2. The number of hydrogen-bond donors (Lipinski definition) is 0. The van der Waals surface area contributed by atoms with Gasteiger partial charge in [0.2, 0.25) is 0 Å². The molecule has 0 aromatic heterocycles. The van der Waals surface area contributed by atoms with E-state index in [0.29, 0.717) is 6.10 Å². The highest BCUT2D eigenvalue weighted by molar-refractivity contribution is 5.27. The van der Waals surface area contributed by atoms with Crippen LogP contribution in [0.2, 0.25) is 0 Å². The molecule has 0 aliphatic carbocycles. The molecule has 118 valence electrons. The van der Waals surface area contributed by atoms with Gasteiger partial charge in [-0.15, -0.1) is 0 Å². The molecule has 1 saturated heterocycles. The summed E-state index contributed by atoms with van der Waals surface area (Å²) in [4.78, 5) is 2.32. The lowest BCUT2D eigenvalue weighted by atomic mass is 10.1. The Morgan fingerprint density at radius 3 is 2.62 bits per heavy atom. The summed E-state index contributed by atoms with van der Waals surface area (Å²) in [6.07, 6.45) is 3.84. The number of likely N-dealkylation sites (N-methyl/N-ethyl adjacent to an activating group) is 1. The fraction of sp³-hybridized carbons (Fsp3) is 0.625. The van der Waals surface area contributed by atoms with Crippen molar-refractivity contribution in [3.63, 3.8) is 0 Å². The van der Waals surface area contributed by atoms with E-state index in [1.807, 2.05) is 12.1 Å². The van der Waals surface area contributed by atoms with Crippen molar-refractivity contribution in [2.24, 2.45) is 0 Å². The zero-order valence-corrected chi connectivity index (χ0v) is 12.4. The third-order valence-corrected chi connectivity index (χ3v) is 3.74. The summed E-state index contributed by atoms with van der Waals surface area (Å²) < 4.78 is 34.3. The molecule has 1 atom stereocenters. The van der Waals surface area contributed by atoms with Gasteiger partial charge in [0.25, 0.3) is 0 Å². The van der Waals surface area contributed by atoms with Crippen molar-refractivity contribution in [2.75, 3.05) is 19.7 Å². The van der Waals surface area contributed by atoms with Crippen molar-refractivity contribution in [1.29, 1.82) is 0 Å². The average Bonchev–Trinajstić information content (AvgIpc) is 2.49. The zero-order valence-electron chi connectivity index (χ0n) is 12.4. The Bertz CT molecular complexity index is 405. The van der Waals surface area contributed by atoms with Gasteiger partial charge >= 0.3 is 6.61 Å². The number of benzene rings is 1. The van der Waals surface area contributed by atoms with Gasteiger partial charge in [-0.25, -0.2) is 0 Å². The van der Waals surface area contributed by atoms with Crippen molar-refractivity contribution in [3.05, 3.63) is 29.8 Å². The summed E-state index contributed by atoms with van der Waals surface area (Å²) in [6.45, 7) is 2.87. The Hall–Kier alpha value is -1.20. The highest BCUT2D eigenvalue weighted by Gasteiger charge is 2.17. The molecular weight excluding hydrogens is 276 g/mol. The maximum atomic E-state index is 12.1. The molecule has 21 heavy (non-hydrogen) atoms. The van der Waals surface area contributed by atoms with Crippen LogP contribution in [0, 0.1) is 0 Å². The topological polar surface area (TPSA) is 21.7 Å². The number of nitrogens with zero attached hydrogens (tertiary/aromatic N) is 1. The van der Waals surface area contributed by atoms with E-state index in [1.54, 1.807) is 12.1 Å². The number of hydrogen-bond acceptors (Lipinski definition) is 3. The molecule has 3 nitrogen and oxygen atoms in total. The Labute approximate surface area is 124 Å². The van der Waals surface area contributed by atoms with Crippen LogP contribution in [-0.2, 0) is 11.3 Å². The van der Waals surface area contributed by atoms with Gasteiger partial charge in [-0.2, -0.15) is 8.78 Å². The second kappa shape index (κ2) is 8.29.